The Morgan fingerprint density at radius 3 is 2.32 bits per heavy atom. The first-order chi connectivity index (χ1) is 12.0. The van der Waals surface area contributed by atoms with Gasteiger partial charge in [-0.1, -0.05) is 12.2 Å². The smallest absolute Gasteiger partial charge is 0.228 e. The summed E-state index contributed by atoms with van der Waals surface area (Å²) in [5.41, 5.74) is 1.56. The number of benzene rings is 1. The van der Waals surface area contributed by atoms with Gasteiger partial charge in [-0.3, -0.25) is 4.79 Å². The van der Waals surface area contributed by atoms with Gasteiger partial charge in [-0.25, -0.2) is 0 Å². The van der Waals surface area contributed by atoms with E-state index in [1.54, 1.807) is 12.1 Å². The molecule has 5 nitrogen and oxygen atoms in total. The molecular formula is C20H18NO4-. The third kappa shape index (κ3) is 2.76. The Bertz CT molecular complexity index is 849. The molecule has 0 saturated heterocycles. The van der Waals surface area contributed by atoms with Crippen LogP contribution < -0.4 is 10.4 Å². The number of carbonyl (C=O) groups excluding carboxylic acids is 2. The number of anilines is 1. The number of furan rings is 1. The van der Waals surface area contributed by atoms with Crippen LogP contribution in [0.4, 0.5) is 5.69 Å². The van der Waals surface area contributed by atoms with Crippen molar-refractivity contribution in [2.24, 2.45) is 23.7 Å². The van der Waals surface area contributed by atoms with Crippen molar-refractivity contribution in [2.75, 3.05) is 5.32 Å². The minimum absolute atomic E-state index is 0.0155. The molecule has 2 bridgehead atoms. The van der Waals surface area contributed by atoms with Crippen LogP contribution in [-0.4, -0.2) is 11.9 Å². The molecule has 2 aromatic rings. The van der Waals surface area contributed by atoms with E-state index in [0.29, 0.717) is 12.1 Å². The van der Waals surface area contributed by atoms with Crippen LogP contribution in [0, 0.1) is 30.6 Å². The fraction of sp³-hybridized carbons (Fsp3) is 0.300. The summed E-state index contributed by atoms with van der Waals surface area (Å²) in [5.74, 6) is -1.19. The van der Waals surface area contributed by atoms with Crippen LogP contribution in [0.5, 0.6) is 0 Å². The van der Waals surface area contributed by atoms with Gasteiger partial charge in [0.25, 0.3) is 0 Å². The first kappa shape index (κ1) is 15.7. The second-order valence-electron chi connectivity index (χ2n) is 6.80. The van der Waals surface area contributed by atoms with Gasteiger partial charge in [0.1, 0.15) is 11.5 Å². The Kier molecular flexibility index (Phi) is 3.71. The van der Waals surface area contributed by atoms with Crippen LogP contribution in [0.25, 0.3) is 11.3 Å². The van der Waals surface area contributed by atoms with Crippen LogP contribution in [0.15, 0.2) is 53.0 Å². The normalized spacial score (nSPS) is 26.8. The molecule has 1 amide bonds. The quantitative estimate of drug-likeness (QED) is 0.869. The van der Waals surface area contributed by atoms with Gasteiger partial charge in [0.05, 0.1) is 5.92 Å². The molecule has 1 aromatic heterocycles. The minimum Gasteiger partial charge on any atom is -0.550 e. The monoisotopic (exact) mass is 336 g/mol. The summed E-state index contributed by atoms with van der Waals surface area (Å²) < 4.78 is 5.58. The molecule has 0 aliphatic heterocycles. The van der Waals surface area contributed by atoms with Gasteiger partial charge in [0.2, 0.25) is 5.91 Å². The molecule has 128 valence electrons. The largest absolute Gasteiger partial charge is 0.550 e. The molecular weight excluding hydrogens is 318 g/mol. The van der Waals surface area contributed by atoms with E-state index in [2.05, 4.69) is 5.32 Å². The topological polar surface area (TPSA) is 82.4 Å². The van der Waals surface area contributed by atoms with E-state index in [1.165, 1.54) is 0 Å². The summed E-state index contributed by atoms with van der Waals surface area (Å²) in [6.07, 6.45) is 4.57. The summed E-state index contributed by atoms with van der Waals surface area (Å²) in [7, 11) is 0. The maximum absolute atomic E-state index is 12.6. The molecule has 1 fully saturated rings. The lowest BCUT2D eigenvalue weighted by Gasteiger charge is -2.27. The molecule has 1 N–H and O–H groups in total. The third-order valence-corrected chi connectivity index (χ3v) is 5.21. The average molecular weight is 336 g/mol. The predicted molar refractivity (Wildman–Crippen MR) is 90.2 cm³/mol. The number of allylic oxidation sites excluding steroid dienone is 2. The number of carboxylic acid groups (broad SMARTS) is 1. The number of aryl methyl sites for hydroxylation is 1. The van der Waals surface area contributed by atoms with Gasteiger partial charge in [0.15, 0.2) is 0 Å². The van der Waals surface area contributed by atoms with Crippen molar-refractivity contribution >= 4 is 17.6 Å². The van der Waals surface area contributed by atoms with E-state index in [0.717, 1.165) is 17.1 Å². The molecule has 1 aromatic carbocycles. The van der Waals surface area contributed by atoms with Crippen molar-refractivity contribution in [2.45, 2.75) is 13.3 Å². The zero-order chi connectivity index (χ0) is 17.6. The number of carboxylic acids is 1. The van der Waals surface area contributed by atoms with Gasteiger partial charge in [-0.15, -0.1) is 0 Å². The van der Waals surface area contributed by atoms with Crippen molar-refractivity contribution < 1.29 is 19.1 Å². The fourth-order valence-electron chi connectivity index (χ4n) is 4.03. The molecule has 2 aliphatic rings. The van der Waals surface area contributed by atoms with E-state index in [-0.39, 0.29) is 17.7 Å². The zero-order valence-electron chi connectivity index (χ0n) is 13.8. The highest BCUT2D eigenvalue weighted by atomic mass is 16.4. The number of fused-ring (bicyclic) bond motifs is 2. The first-order valence-corrected chi connectivity index (χ1v) is 8.40. The summed E-state index contributed by atoms with van der Waals surface area (Å²) in [5, 5.41) is 14.3. The van der Waals surface area contributed by atoms with Crippen molar-refractivity contribution in [3.63, 3.8) is 0 Å². The van der Waals surface area contributed by atoms with Crippen molar-refractivity contribution in [3.8, 4) is 11.3 Å². The highest BCUT2D eigenvalue weighted by Gasteiger charge is 2.48. The third-order valence-electron chi connectivity index (χ3n) is 5.21. The van der Waals surface area contributed by atoms with Crippen LogP contribution in [0.3, 0.4) is 0 Å². The molecule has 0 radical (unpaired) electrons. The summed E-state index contributed by atoms with van der Waals surface area (Å²) >= 11 is 0. The fourth-order valence-corrected chi connectivity index (χ4v) is 4.03. The Morgan fingerprint density at radius 2 is 1.72 bits per heavy atom. The molecule has 1 saturated carbocycles. The van der Waals surface area contributed by atoms with Crippen molar-refractivity contribution in [3.05, 3.63) is 54.3 Å². The standard InChI is InChI=1S/C20H19NO4/c1-11-2-9-16(25-11)12-5-7-15(8-6-12)21-19(22)17-13-3-4-14(10-13)18(17)20(23)24/h2-9,13-14,17-18H,10H2,1H3,(H,21,22)(H,23,24)/p-1. The Morgan fingerprint density at radius 1 is 1.04 bits per heavy atom. The molecule has 4 atom stereocenters. The number of hydrogen-bond donors (Lipinski definition) is 1. The molecule has 2 aliphatic carbocycles. The molecule has 4 rings (SSSR count). The summed E-state index contributed by atoms with van der Waals surface area (Å²) in [6.45, 7) is 1.88. The number of amides is 1. The number of rotatable bonds is 4. The van der Waals surface area contributed by atoms with Crippen LogP contribution in [0.1, 0.15) is 12.2 Å². The van der Waals surface area contributed by atoms with Crippen LogP contribution >= 0.6 is 0 Å². The SMILES string of the molecule is Cc1ccc(-c2ccc(NC(=O)C3C4C=CC(C4)C3C(=O)[O-])cc2)o1. The summed E-state index contributed by atoms with van der Waals surface area (Å²) in [4.78, 5) is 24.0. The molecule has 4 unspecified atom stereocenters. The summed E-state index contributed by atoms with van der Waals surface area (Å²) in [6, 6.07) is 11.1. The van der Waals surface area contributed by atoms with Gasteiger partial charge in [-0.05, 0) is 61.6 Å². The van der Waals surface area contributed by atoms with E-state index in [1.807, 2.05) is 43.3 Å². The lowest BCUT2D eigenvalue weighted by atomic mass is 9.82. The first-order valence-electron chi connectivity index (χ1n) is 8.40. The second-order valence-corrected chi connectivity index (χ2v) is 6.80. The van der Waals surface area contributed by atoms with E-state index in [4.69, 9.17) is 4.42 Å². The average Bonchev–Trinajstić information content (AvgIpc) is 3.30. The number of nitrogens with one attached hydrogen (secondary N) is 1. The molecule has 5 heteroatoms. The van der Waals surface area contributed by atoms with E-state index in [9.17, 15) is 14.7 Å². The Labute approximate surface area is 145 Å². The highest BCUT2D eigenvalue weighted by molar-refractivity contribution is 5.96. The van der Waals surface area contributed by atoms with Gasteiger partial charge < -0.3 is 19.6 Å². The van der Waals surface area contributed by atoms with Crippen LogP contribution in [0.2, 0.25) is 0 Å². The number of aliphatic carboxylic acids is 1. The number of carbonyl (C=O) groups is 2. The van der Waals surface area contributed by atoms with Crippen molar-refractivity contribution in [1.29, 1.82) is 0 Å². The Hall–Kier alpha value is -2.82. The zero-order valence-corrected chi connectivity index (χ0v) is 13.8. The predicted octanol–water partition coefficient (Wildman–Crippen LogP) is 2.38. The van der Waals surface area contributed by atoms with Gasteiger partial charge in [0, 0.05) is 23.1 Å². The molecule has 25 heavy (non-hydrogen) atoms. The molecule has 0 spiro atoms. The van der Waals surface area contributed by atoms with Crippen molar-refractivity contribution in [1.82, 2.24) is 0 Å². The minimum atomic E-state index is -1.14. The van der Waals surface area contributed by atoms with Crippen LogP contribution in [-0.2, 0) is 9.59 Å². The Balaban J connectivity index is 1.49. The van der Waals surface area contributed by atoms with Gasteiger partial charge in [-0.2, -0.15) is 0 Å². The lowest BCUT2D eigenvalue weighted by Crippen LogP contribution is -2.42. The highest BCUT2D eigenvalue weighted by Crippen LogP contribution is 2.48. The lowest BCUT2D eigenvalue weighted by molar-refractivity contribution is -0.313. The maximum Gasteiger partial charge on any atom is 0.228 e. The number of hydrogen-bond acceptors (Lipinski definition) is 4. The van der Waals surface area contributed by atoms with E-state index < -0.39 is 17.8 Å². The second kappa shape index (κ2) is 5.92. The van der Waals surface area contributed by atoms with Gasteiger partial charge >= 0.3 is 0 Å². The molecule has 1 heterocycles. The maximum atomic E-state index is 12.6. The van der Waals surface area contributed by atoms with E-state index >= 15 is 0 Å².